The molecule has 0 saturated heterocycles. The summed E-state index contributed by atoms with van der Waals surface area (Å²) in [6.07, 6.45) is 2.64. The van der Waals surface area contributed by atoms with Gasteiger partial charge in [0, 0.05) is 12.5 Å². The summed E-state index contributed by atoms with van der Waals surface area (Å²) in [5, 5.41) is 8.97. The van der Waals surface area contributed by atoms with Gasteiger partial charge in [0.1, 0.15) is 0 Å². The molecule has 128 valence electrons. The molecule has 0 spiro atoms. The zero-order valence-electron chi connectivity index (χ0n) is 14.5. The monoisotopic (exact) mass is 319 g/mol. The largest absolute Gasteiger partial charge is 0.481 e. The summed E-state index contributed by atoms with van der Waals surface area (Å²) in [5.74, 6) is -0.459. The molecule has 1 heterocycles. The third-order valence-electron chi connectivity index (χ3n) is 4.90. The number of benzene rings is 1. The number of nitrogens with two attached hydrogens (primary N) is 1. The van der Waals surface area contributed by atoms with E-state index in [2.05, 4.69) is 39.0 Å². The van der Waals surface area contributed by atoms with E-state index in [-0.39, 0.29) is 23.8 Å². The maximum atomic E-state index is 10.9. The molecule has 0 radical (unpaired) electrons. The SMILES string of the molecule is CC(C)(C)C(CCC(=O)O)C[C@@H](N)c1ccc2c(c1)COCC2. The Hall–Kier alpha value is -1.39. The Morgan fingerprint density at radius 2 is 2.09 bits per heavy atom. The number of aliphatic carboxylic acids is 1. The first kappa shape index (κ1) is 18.0. The Morgan fingerprint density at radius 3 is 2.74 bits per heavy atom. The van der Waals surface area contributed by atoms with E-state index in [1.54, 1.807) is 0 Å². The number of hydrogen-bond acceptors (Lipinski definition) is 3. The molecule has 0 bridgehead atoms. The Bertz CT molecular complexity index is 548. The third-order valence-corrected chi connectivity index (χ3v) is 4.90. The van der Waals surface area contributed by atoms with Gasteiger partial charge in [0.25, 0.3) is 0 Å². The zero-order valence-corrected chi connectivity index (χ0v) is 14.5. The molecule has 0 aliphatic carbocycles. The van der Waals surface area contributed by atoms with Crippen LogP contribution in [0.25, 0.3) is 0 Å². The standard InChI is InChI=1S/C19H29NO3/c1-19(2,3)16(6-7-18(21)22)11-17(20)14-5-4-13-8-9-23-12-15(13)10-14/h4-5,10,16-17H,6-9,11-12,20H2,1-3H3,(H,21,22)/t16?,17-/m1/s1. The summed E-state index contributed by atoms with van der Waals surface area (Å²) in [6.45, 7) is 7.93. The Kier molecular flexibility index (Phi) is 5.82. The lowest BCUT2D eigenvalue weighted by Crippen LogP contribution is -2.26. The molecule has 3 N–H and O–H groups in total. The van der Waals surface area contributed by atoms with E-state index in [0.29, 0.717) is 13.0 Å². The van der Waals surface area contributed by atoms with Gasteiger partial charge < -0.3 is 15.6 Å². The lowest BCUT2D eigenvalue weighted by atomic mass is 9.74. The first-order valence-electron chi connectivity index (χ1n) is 8.44. The van der Waals surface area contributed by atoms with E-state index in [4.69, 9.17) is 15.6 Å². The highest BCUT2D eigenvalue weighted by molar-refractivity contribution is 5.66. The molecule has 2 rings (SSSR count). The van der Waals surface area contributed by atoms with E-state index in [0.717, 1.165) is 25.0 Å². The van der Waals surface area contributed by atoms with Gasteiger partial charge in [-0.25, -0.2) is 0 Å². The van der Waals surface area contributed by atoms with Crippen LogP contribution in [0.2, 0.25) is 0 Å². The topological polar surface area (TPSA) is 72.5 Å². The molecular formula is C19H29NO3. The van der Waals surface area contributed by atoms with Crippen molar-refractivity contribution in [1.29, 1.82) is 0 Å². The zero-order chi connectivity index (χ0) is 17.0. The molecule has 23 heavy (non-hydrogen) atoms. The van der Waals surface area contributed by atoms with Crippen LogP contribution in [0.1, 0.15) is 62.8 Å². The molecule has 1 aliphatic heterocycles. The minimum Gasteiger partial charge on any atom is -0.481 e. The first-order chi connectivity index (χ1) is 10.8. The van der Waals surface area contributed by atoms with Gasteiger partial charge >= 0.3 is 5.97 Å². The first-order valence-corrected chi connectivity index (χ1v) is 8.44. The quantitative estimate of drug-likeness (QED) is 0.839. The molecule has 1 aliphatic rings. The molecule has 0 amide bonds. The van der Waals surface area contributed by atoms with E-state index in [1.807, 2.05) is 0 Å². The predicted octanol–water partition coefficient (Wildman–Crippen LogP) is 3.68. The summed E-state index contributed by atoms with van der Waals surface area (Å²) in [7, 11) is 0. The fourth-order valence-electron chi connectivity index (χ4n) is 3.26. The van der Waals surface area contributed by atoms with Crippen molar-refractivity contribution in [2.24, 2.45) is 17.1 Å². The van der Waals surface area contributed by atoms with Crippen LogP contribution in [-0.4, -0.2) is 17.7 Å². The fraction of sp³-hybridized carbons (Fsp3) is 0.632. The number of carbonyl (C=O) groups is 1. The molecule has 1 aromatic rings. The summed E-state index contributed by atoms with van der Waals surface area (Å²) in [4.78, 5) is 10.9. The minimum absolute atomic E-state index is 0.0460. The van der Waals surface area contributed by atoms with Crippen molar-refractivity contribution in [3.8, 4) is 0 Å². The van der Waals surface area contributed by atoms with Gasteiger partial charge in [0.2, 0.25) is 0 Å². The second-order valence-electron chi connectivity index (χ2n) is 7.67. The predicted molar refractivity (Wildman–Crippen MR) is 91.2 cm³/mol. The summed E-state index contributed by atoms with van der Waals surface area (Å²) in [5.41, 5.74) is 10.2. The molecule has 0 aromatic heterocycles. The maximum Gasteiger partial charge on any atom is 0.303 e. The van der Waals surface area contributed by atoms with Crippen LogP contribution < -0.4 is 5.73 Å². The second-order valence-corrected chi connectivity index (χ2v) is 7.67. The van der Waals surface area contributed by atoms with Crippen LogP contribution in [0, 0.1) is 11.3 Å². The van der Waals surface area contributed by atoms with Gasteiger partial charge in [-0.1, -0.05) is 39.0 Å². The highest BCUT2D eigenvalue weighted by Crippen LogP contribution is 2.36. The third kappa shape index (κ3) is 5.05. The van der Waals surface area contributed by atoms with Gasteiger partial charge in [-0.05, 0) is 47.3 Å². The molecule has 0 saturated carbocycles. The van der Waals surface area contributed by atoms with Crippen LogP contribution in [0.3, 0.4) is 0 Å². The average molecular weight is 319 g/mol. The molecular weight excluding hydrogens is 290 g/mol. The van der Waals surface area contributed by atoms with E-state index < -0.39 is 5.97 Å². The smallest absolute Gasteiger partial charge is 0.303 e. The van der Waals surface area contributed by atoms with Gasteiger partial charge in [0.15, 0.2) is 0 Å². The number of fused-ring (bicyclic) bond motifs is 1. The Labute approximate surface area is 139 Å². The molecule has 1 aromatic carbocycles. The van der Waals surface area contributed by atoms with Crippen molar-refractivity contribution < 1.29 is 14.6 Å². The lowest BCUT2D eigenvalue weighted by molar-refractivity contribution is -0.137. The van der Waals surface area contributed by atoms with E-state index in [9.17, 15) is 4.79 Å². The normalized spacial score (nSPS) is 17.4. The maximum absolute atomic E-state index is 10.9. The van der Waals surface area contributed by atoms with Crippen LogP contribution in [0.4, 0.5) is 0 Å². The van der Waals surface area contributed by atoms with E-state index >= 15 is 0 Å². The van der Waals surface area contributed by atoms with Crippen molar-refractivity contribution >= 4 is 5.97 Å². The van der Waals surface area contributed by atoms with Crippen LogP contribution in [0.15, 0.2) is 18.2 Å². The van der Waals surface area contributed by atoms with Crippen LogP contribution >= 0.6 is 0 Å². The number of carboxylic acids is 1. The van der Waals surface area contributed by atoms with Crippen molar-refractivity contribution in [2.75, 3.05) is 6.61 Å². The van der Waals surface area contributed by atoms with Crippen LogP contribution in [-0.2, 0) is 22.6 Å². The molecule has 2 atom stereocenters. The lowest BCUT2D eigenvalue weighted by Gasteiger charge is -2.33. The van der Waals surface area contributed by atoms with Gasteiger partial charge in [0.05, 0.1) is 13.2 Å². The molecule has 1 unspecified atom stereocenters. The highest BCUT2D eigenvalue weighted by atomic mass is 16.5. The number of rotatable bonds is 6. The van der Waals surface area contributed by atoms with Crippen molar-refractivity contribution in [1.82, 2.24) is 0 Å². The summed E-state index contributed by atoms with van der Waals surface area (Å²) >= 11 is 0. The number of hydrogen-bond donors (Lipinski definition) is 2. The minimum atomic E-state index is -0.737. The highest BCUT2D eigenvalue weighted by Gasteiger charge is 2.27. The summed E-state index contributed by atoms with van der Waals surface area (Å²) < 4.78 is 5.52. The number of carboxylic acid groups (broad SMARTS) is 1. The van der Waals surface area contributed by atoms with Crippen molar-refractivity contribution in [2.45, 2.75) is 59.1 Å². The van der Waals surface area contributed by atoms with E-state index in [1.165, 1.54) is 11.1 Å². The Balaban J connectivity index is 2.08. The van der Waals surface area contributed by atoms with Crippen molar-refractivity contribution in [3.05, 3.63) is 34.9 Å². The Morgan fingerprint density at radius 1 is 1.35 bits per heavy atom. The molecule has 4 nitrogen and oxygen atoms in total. The van der Waals surface area contributed by atoms with Crippen molar-refractivity contribution in [3.63, 3.8) is 0 Å². The van der Waals surface area contributed by atoms with Gasteiger partial charge in [-0.15, -0.1) is 0 Å². The summed E-state index contributed by atoms with van der Waals surface area (Å²) in [6, 6.07) is 6.37. The van der Waals surface area contributed by atoms with Gasteiger partial charge in [-0.2, -0.15) is 0 Å². The molecule has 4 heteroatoms. The number of ether oxygens (including phenoxy) is 1. The average Bonchev–Trinajstić information content (AvgIpc) is 2.49. The molecule has 0 fully saturated rings. The van der Waals surface area contributed by atoms with Crippen LogP contribution in [0.5, 0.6) is 0 Å². The second kappa shape index (κ2) is 7.45. The van der Waals surface area contributed by atoms with Gasteiger partial charge in [-0.3, -0.25) is 4.79 Å². The fourth-order valence-corrected chi connectivity index (χ4v) is 3.26.